The summed E-state index contributed by atoms with van der Waals surface area (Å²) in [6.45, 7) is 1.76. The van der Waals surface area contributed by atoms with Gasteiger partial charge in [-0.1, -0.05) is 6.07 Å². The third-order valence-electron chi connectivity index (χ3n) is 5.48. The maximum absolute atomic E-state index is 14.4. The SMILES string of the molecule is COc1cccc(F)c1-c1cc(Nc2cnc3c(F)cn(C4CCNCC4)c3n2)n[nH]1. The molecular weight excluding hydrogens is 404 g/mol. The Morgan fingerprint density at radius 1 is 1.16 bits per heavy atom. The largest absolute Gasteiger partial charge is 0.496 e. The summed E-state index contributed by atoms with van der Waals surface area (Å²) in [5, 5.41) is 13.4. The molecule has 0 bridgehead atoms. The number of rotatable bonds is 5. The Hall–Kier alpha value is -3.53. The maximum atomic E-state index is 14.4. The van der Waals surface area contributed by atoms with Crippen molar-refractivity contribution in [1.29, 1.82) is 0 Å². The molecule has 0 unspecified atom stereocenters. The number of methoxy groups -OCH3 is 1. The van der Waals surface area contributed by atoms with Crippen molar-refractivity contribution in [3.05, 3.63) is 48.3 Å². The van der Waals surface area contributed by atoms with Gasteiger partial charge in [-0.05, 0) is 38.1 Å². The second-order valence-electron chi connectivity index (χ2n) is 7.40. The molecule has 31 heavy (non-hydrogen) atoms. The van der Waals surface area contributed by atoms with Gasteiger partial charge in [-0.25, -0.2) is 18.7 Å². The number of halogens is 2. The predicted octanol–water partition coefficient (Wildman–Crippen LogP) is 3.78. The van der Waals surface area contributed by atoms with Crippen LogP contribution in [0.2, 0.25) is 0 Å². The molecule has 1 aromatic carbocycles. The van der Waals surface area contributed by atoms with Gasteiger partial charge in [0.1, 0.15) is 17.1 Å². The first-order valence-corrected chi connectivity index (χ1v) is 10.0. The van der Waals surface area contributed by atoms with Gasteiger partial charge < -0.3 is 19.9 Å². The van der Waals surface area contributed by atoms with Gasteiger partial charge >= 0.3 is 0 Å². The molecule has 0 atom stereocenters. The number of fused-ring (bicyclic) bond motifs is 1. The average molecular weight is 425 g/mol. The Kier molecular flexibility index (Phi) is 4.99. The van der Waals surface area contributed by atoms with Gasteiger partial charge in [0.05, 0.1) is 24.6 Å². The fourth-order valence-electron chi connectivity index (χ4n) is 3.98. The Labute approximate surface area is 176 Å². The highest BCUT2D eigenvalue weighted by Crippen LogP contribution is 2.33. The molecule has 5 rings (SSSR count). The van der Waals surface area contributed by atoms with Crippen LogP contribution in [-0.2, 0) is 0 Å². The van der Waals surface area contributed by atoms with Gasteiger partial charge in [0.15, 0.2) is 23.1 Å². The standard InChI is InChI=1S/C21H21F2N7O/c1-31-16-4-2-3-13(22)19(16)15-9-17(29-28-15)26-18-10-25-20-14(23)11-30(21(20)27-18)12-5-7-24-8-6-12/h2-4,9-12,24H,5-8H2,1H3,(H2,26,27,28,29). The lowest BCUT2D eigenvalue weighted by Gasteiger charge is -2.24. The van der Waals surface area contributed by atoms with E-state index in [1.54, 1.807) is 18.2 Å². The van der Waals surface area contributed by atoms with Gasteiger partial charge in [0.25, 0.3) is 0 Å². The van der Waals surface area contributed by atoms with Crippen LogP contribution in [0.5, 0.6) is 5.75 Å². The molecule has 0 spiro atoms. The maximum Gasteiger partial charge on any atom is 0.168 e. The Morgan fingerprint density at radius 3 is 2.81 bits per heavy atom. The first-order valence-electron chi connectivity index (χ1n) is 10.0. The third-order valence-corrected chi connectivity index (χ3v) is 5.48. The molecule has 10 heteroatoms. The fraction of sp³-hybridized carbons (Fsp3) is 0.286. The van der Waals surface area contributed by atoms with Crippen LogP contribution >= 0.6 is 0 Å². The van der Waals surface area contributed by atoms with E-state index in [0.717, 1.165) is 25.9 Å². The number of anilines is 2. The van der Waals surface area contributed by atoms with E-state index in [4.69, 9.17) is 4.74 Å². The minimum atomic E-state index is -0.425. The summed E-state index contributed by atoms with van der Waals surface area (Å²) in [5.74, 6) is 0.424. The number of ether oxygens (including phenoxy) is 1. The zero-order valence-electron chi connectivity index (χ0n) is 16.8. The average Bonchev–Trinajstić information content (AvgIpc) is 3.38. The van der Waals surface area contributed by atoms with Crippen molar-refractivity contribution in [3.8, 4) is 17.0 Å². The highest BCUT2D eigenvalue weighted by molar-refractivity contribution is 5.75. The predicted molar refractivity (Wildman–Crippen MR) is 112 cm³/mol. The van der Waals surface area contributed by atoms with Crippen LogP contribution in [0, 0.1) is 11.6 Å². The highest BCUT2D eigenvalue weighted by Gasteiger charge is 2.21. The number of nitrogens with one attached hydrogen (secondary N) is 3. The van der Waals surface area contributed by atoms with Crippen LogP contribution in [0.25, 0.3) is 22.4 Å². The second kappa shape index (κ2) is 7.95. The molecule has 1 aliphatic rings. The van der Waals surface area contributed by atoms with Crippen LogP contribution in [0.15, 0.2) is 36.7 Å². The van der Waals surface area contributed by atoms with E-state index in [-0.39, 0.29) is 22.9 Å². The lowest BCUT2D eigenvalue weighted by Crippen LogP contribution is -2.29. The van der Waals surface area contributed by atoms with Crippen molar-refractivity contribution < 1.29 is 13.5 Å². The topological polar surface area (TPSA) is 92.7 Å². The molecule has 1 fully saturated rings. The van der Waals surface area contributed by atoms with Crippen LogP contribution in [-0.4, -0.2) is 44.9 Å². The number of aromatic nitrogens is 5. The molecule has 3 aromatic heterocycles. The molecule has 1 aliphatic heterocycles. The smallest absolute Gasteiger partial charge is 0.168 e. The van der Waals surface area contributed by atoms with Crippen molar-refractivity contribution in [3.63, 3.8) is 0 Å². The zero-order valence-corrected chi connectivity index (χ0v) is 16.8. The summed E-state index contributed by atoms with van der Waals surface area (Å²) in [5.41, 5.74) is 1.47. The summed E-state index contributed by atoms with van der Waals surface area (Å²) in [7, 11) is 1.48. The van der Waals surface area contributed by atoms with Crippen LogP contribution in [0.4, 0.5) is 20.4 Å². The molecule has 4 heterocycles. The quantitative estimate of drug-likeness (QED) is 0.451. The minimum absolute atomic E-state index is 0.170. The van der Waals surface area contributed by atoms with Crippen LogP contribution in [0.1, 0.15) is 18.9 Å². The van der Waals surface area contributed by atoms with Gasteiger partial charge in [-0.3, -0.25) is 5.10 Å². The molecule has 8 nitrogen and oxygen atoms in total. The van der Waals surface area contributed by atoms with E-state index in [1.165, 1.54) is 25.6 Å². The van der Waals surface area contributed by atoms with Gasteiger partial charge in [0.2, 0.25) is 0 Å². The first-order chi connectivity index (χ1) is 15.1. The number of benzene rings is 1. The Bertz CT molecular complexity index is 1230. The van der Waals surface area contributed by atoms with Gasteiger partial charge in [-0.15, -0.1) is 0 Å². The van der Waals surface area contributed by atoms with E-state index < -0.39 is 5.82 Å². The number of nitrogens with zero attached hydrogens (tertiary/aromatic N) is 4. The van der Waals surface area contributed by atoms with Crippen molar-refractivity contribution in [1.82, 2.24) is 30.0 Å². The number of piperidine rings is 1. The normalized spacial score (nSPS) is 14.8. The summed E-state index contributed by atoms with van der Waals surface area (Å²) in [6, 6.07) is 6.43. The third kappa shape index (κ3) is 3.59. The van der Waals surface area contributed by atoms with E-state index in [0.29, 0.717) is 28.7 Å². The van der Waals surface area contributed by atoms with E-state index in [9.17, 15) is 8.78 Å². The minimum Gasteiger partial charge on any atom is -0.496 e. The van der Waals surface area contributed by atoms with E-state index in [2.05, 4.69) is 30.8 Å². The second-order valence-corrected chi connectivity index (χ2v) is 7.40. The zero-order chi connectivity index (χ0) is 21.4. The number of hydrogen-bond donors (Lipinski definition) is 3. The molecule has 1 saturated heterocycles. The van der Waals surface area contributed by atoms with Gasteiger partial charge in [0, 0.05) is 18.3 Å². The summed E-state index contributed by atoms with van der Waals surface area (Å²) >= 11 is 0. The van der Waals surface area contributed by atoms with Crippen molar-refractivity contribution >= 4 is 22.8 Å². The molecule has 3 N–H and O–H groups in total. The van der Waals surface area contributed by atoms with E-state index in [1.807, 2.05) is 4.57 Å². The summed E-state index contributed by atoms with van der Waals surface area (Å²) in [4.78, 5) is 8.82. The molecule has 4 aromatic rings. The van der Waals surface area contributed by atoms with Crippen LogP contribution < -0.4 is 15.4 Å². The highest BCUT2D eigenvalue weighted by atomic mass is 19.1. The van der Waals surface area contributed by atoms with Crippen molar-refractivity contribution in [2.24, 2.45) is 0 Å². The number of hydrogen-bond acceptors (Lipinski definition) is 6. The summed E-state index contributed by atoms with van der Waals surface area (Å²) < 4.78 is 35.9. The van der Waals surface area contributed by atoms with Crippen molar-refractivity contribution in [2.45, 2.75) is 18.9 Å². The lowest BCUT2D eigenvalue weighted by molar-refractivity contribution is 0.372. The molecular formula is C21H21F2N7O. The molecule has 160 valence electrons. The molecule has 0 radical (unpaired) electrons. The number of H-pyrrole nitrogens is 1. The first kappa shape index (κ1) is 19.4. The molecule has 0 saturated carbocycles. The monoisotopic (exact) mass is 425 g/mol. The van der Waals surface area contributed by atoms with E-state index >= 15 is 0 Å². The molecule has 0 aliphatic carbocycles. The lowest BCUT2D eigenvalue weighted by atomic mass is 10.1. The fourth-order valence-corrected chi connectivity index (χ4v) is 3.98. The summed E-state index contributed by atoms with van der Waals surface area (Å²) in [6.07, 6.45) is 4.73. The number of aromatic amines is 1. The van der Waals surface area contributed by atoms with Crippen molar-refractivity contribution in [2.75, 3.05) is 25.5 Å². The Morgan fingerprint density at radius 2 is 2.00 bits per heavy atom. The Balaban J connectivity index is 1.45. The van der Waals surface area contributed by atoms with Gasteiger partial charge in [-0.2, -0.15) is 5.10 Å². The molecule has 0 amide bonds. The van der Waals surface area contributed by atoms with Crippen LogP contribution in [0.3, 0.4) is 0 Å².